The summed E-state index contributed by atoms with van der Waals surface area (Å²) in [6.45, 7) is 9.70. The van der Waals surface area contributed by atoms with Crippen molar-refractivity contribution < 1.29 is 14.3 Å². The smallest absolute Gasteiger partial charge is 0.252 e. The van der Waals surface area contributed by atoms with E-state index in [9.17, 15) is 4.79 Å². The van der Waals surface area contributed by atoms with Crippen molar-refractivity contribution >= 4 is 17.5 Å². The molecular formula is C25H34ClN3O3. The van der Waals surface area contributed by atoms with Crippen LogP contribution in [0.4, 0.5) is 0 Å². The van der Waals surface area contributed by atoms with Gasteiger partial charge in [0.2, 0.25) is 0 Å². The Morgan fingerprint density at radius 2 is 1.81 bits per heavy atom. The number of benzene rings is 2. The molecule has 174 valence electrons. The number of amides is 1. The van der Waals surface area contributed by atoms with E-state index in [-0.39, 0.29) is 11.9 Å². The summed E-state index contributed by atoms with van der Waals surface area (Å²) in [5.41, 5.74) is 1.54. The molecule has 1 aliphatic heterocycles. The van der Waals surface area contributed by atoms with Crippen molar-refractivity contribution in [3.63, 3.8) is 0 Å². The summed E-state index contributed by atoms with van der Waals surface area (Å²) in [4.78, 5) is 18.0. The molecule has 0 spiro atoms. The van der Waals surface area contributed by atoms with Gasteiger partial charge in [0.05, 0.1) is 24.3 Å². The summed E-state index contributed by atoms with van der Waals surface area (Å²) >= 11 is 6.48. The number of halogens is 1. The number of likely N-dealkylation sites (N-methyl/N-ethyl adjacent to an activating group) is 1. The van der Waals surface area contributed by atoms with Crippen LogP contribution in [0.2, 0.25) is 5.02 Å². The van der Waals surface area contributed by atoms with Gasteiger partial charge in [0, 0.05) is 38.3 Å². The third-order valence-corrected chi connectivity index (χ3v) is 5.85. The molecule has 1 unspecified atom stereocenters. The highest BCUT2D eigenvalue weighted by Gasteiger charge is 2.23. The van der Waals surface area contributed by atoms with Gasteiger partial charge in [-0.3, -0.25) is 9.69 Å². The molecule has 0 aromatic heterocycles. The van der Waals surface area contributed by atoms with E-state index in [2.05, 4.69) is 34.3 Å². The largest absolute Gasteiger partial charge is 0.490 e. The van der Waals surface area contributed by atoms with Crippen LogP contribution in [0.1, 0.15) is 42.2 Å². The van der Waals surface area contributed by atoms with Crippen LogP contribution in [0.3, 0.4) is 0 Å². The molecule has 1 saturated heterocycles. The Kier molecular flexibility index (Phi) is 9.21. The molecule has 32 heavy (non-hydrogen) atoms. The minimum atomic E-state index is -0.183. The van der Waals surface area contributed by atoms with Crippen molar-refractivity contribution in [1.82, 2.24) is 15.1 Å². The standard InChI is InChI=1S/C25H34ClN3O3/c1-4-15-32-24-21(26)16-20(17-23(24)31-5-2)25(30)27-22(19-9-7-6-8-10-19)18-29-13-11-28(3)12-14-29/h6-10,16-17,22H,4-5,11-15,18H2,1-3H3,(H,27,30). The normalized spacial score (nSPS) is 15.9. The van der Waals surface area contributed by atoms with Crippen LogP contribution in [-0.4, -0.2) is 68.7 Å². The van der Waals surface area contributed by atoms with Crippen molar-refractivity contribution in [2.24, 2.45) is 0 Å². The lowest BCUT2D eigenvalue weighted by molar-refractivity contribution is 0.0906. The second-order valence-electron chi connectivity index (χ2n) is 8.11. The molecule has 1 amide bonds. The molecule has 1 aliphatic rings. The van der Waals surface area contributed by atoms with Crippen molar-refractivity contribution in [3.05, 3.63) is 58.6 Å². The summed E-state index contributed by atoms with van der Waals surface area (Å²) in [6.07, 6.45) is 0.856. The van der Waals surface area contributed by atoms with E-state index >= 15 is 0 Å². The van der Waals surface area contributed by atoms with E-state index < -0.39 is 0 Å². The van der Waals surface area contributed by atoms with Crippen LogP contribution < -0.4 is 14.8 Å². The highest BCUT2D eigenvalue weighted by Crippen LogP contribution is 2.37. The van der Waals surface area contributed by atoms with Gasteiger partial charge in [-0.2, -0.15) is 0 Å². The summed E-state index contributed by atoms with van der Waals surface area (Å²) in [5.74, 6) is 0.802. The summed E-state index contributed by atoms with van der Waals surface area (Å²) < 4.78 is 11.5. The van der Waals surface area contributed by atoms with E-state index in [1.165, 1.54) is 0 Å². The van der Waals surface area contributed by atoms with Crippen LogP contribution in [0, 0.1) is 0 Å². The second kappa shape index (κ2) is 12.1. The zero-order valence-corrected chi connectivity index (χ0v) is 20.0. The molecule has 7 heteroatoms. The van der Waals surface area contributed by atoms with E-state index in [0.717, 1.165) is 44.7 Å². The lowest BCUT2D eigenvalue weighted by atomic mass is 10.0. The van der Waals surface area contributed by atoms with E-state index in [4.69, 9.17) is 21.1 Å². The molecule has 2 aromatic carbocycles. The number of hydrogen-bond acceptors (Lipinski definition) is 5. The Morgan fingerprint density at radius 1 is 1.09 bits per heavy atom. The third kappa shape index (κ3) is 6.61. The van der Waals surface area contributed by atoms with E-state index in [1.807, 2.05) is 32.0 Å². The van der Waals surface area contributed by atoms with Gasteiger partial charge in [-0.05, 0) is 38.1 Å². The van der Waals surface area contributed by atoms with Crippen molar-refractivity contribution in [3.8, 4) is 11.5 Å². The SMILES string of the molecule is CCCOc1c(Cl)cc(C(=O)NC(CN2CCN(C)CC2)c2ccccc2)cc1OCC. The lowest BCUT2D eigenvalue weighted by Crippen LogP contribution is -2.47. The summed E-state index contributed by atoms with van der Waals surface area (Å²) in [5, 5.41) is 3.60. The molecule has 1 fully saturated rings. The van der Waals surface area contributed by atoms with Gasteiger partial charge in [-0.1, -0.05) is 48.9 Å². The summed E-state index contributed by atoms with van der Waals surface area (Å²) in [6, 6.07) is 13.3. The molecule has 6 nitrogen and oxygen atoms in total. The topological polar surface area (TPSA) is 54.0 Å². The number of rotatable bonds is 10. The van der Waals surface area contributed by atoms with Crippen LogP contribution in [0.15, 0.2) is 42.5 Å². The monoisotopic (exact) mass is 459 g/mol. The molecule has 0 saturated carbocycles. The Hall–Kier alpha value is -2.28. The number of carbonyl (C=O) groups is 1. The van der Waals surface area contributed by atoms with Gasteiger partial charge in [-0.25, -0.2) is 0 Å². The number of ether oxygens (including phenoxy) is 2. The Balaban J connectivity index is 1.80. The van der Waals surface area contributed by atoms with Gasteiger partial charge in [-0.15, -0.1) is 0 Å². The van der Waals surface area contributed by atoms with Gasteiger partial charge >= 0.3 is 0 Å². The summed E-state index contributed by atoms with van der Waals surface area (Å²) in [7, 11) is 2.14. The maximum atomic E-state index is 13.3. The minimum absolute atomic E-state index is 0.127. The average molecular weight is 460 g/mol. The van der Waals surface area contributed by atoms with Crippen LogP contribution in [0.5, 0.6) is 11.5 Å². The number of nitrogens with one attached hydrogen (secondary N) is 1. The molecule has 0 aliphatic carbocycles. The van der Waals surface area contributed by atoms with Gasteiger partial charge in [0.1, 0.15) is 0 Å². The number of piperazine rings is 1. The maximum Gasteiger partial charge on any atom is 0.252 e. The van der Waals surface area contributed by atoms with Crippen molar-refractivity contribution in [2.45, 2.75) is 26.3 Å². The maximum absolute atomic E-state index is 13.3. The fourth-order valence-electron chi connectivity index (χ4n) is 3.76. The quantitative estimate of drug-likeness (QED) is 0.575. The predicted octanol–water partition coefficient (Wildman–Crippen LogP) is 4.25. The van der Waals surface area contributed by atoms with Crippen LogP contribution in [-0.2, 0) is 0 Å². The zero-order chi connectivity index (χ0) is 22.9. The van der Waals surface area contributed by atoms with Gasteiger partial charge in [0.15, 0.2) is 11.5 Å². The first kappa shape index (κ1) is 24.4. The molecule has 2 aromatic rings. The Bertz CT molecular complexity index is 870. The minimum Gasteiger partial charge on any atom is -0.490 e. The van der Waals surface area contributed by atoms with Crippen molar-refractivity contribution in [1.29, 1.82) is 0 Å². The lowest BCUT2D eigenvalue weighted by Gasteiger charge is -2.35. The fourth-order valence-corrected chi connectivity index (χ4v) is 4.02. The van der Waals surface area contributed by atoms with Gasteiger partial charge < -0.3 is 19.7 Å². The first-order valence-electron chi connectivity index (χ1n) is 11.4. The second-order valence-corrected chi connectivity index (χ2v) is 8.51. The fraction of sp³-hybridized carbons (Fsp3) is 0.480. The molecular weight excluding hydrogens is 426 g/mol. The number of nitrogens with zero attached hydrogens (tertiary/aromatic N) is 2. The first-order valence-corrected chi connectivity index (χ1v) is 11.8. The van der Waals surface area contributed by atoms with E-state index in [1.54, 1.807) is 12.1 Å². The van der Waals surface area contributed by atoms with Crippen molar-refractivity contribution in [2.75, 3.05) is 53.0 Å². The first-order chi connectivity index (χ1) is 15.5. The molecule has 0 bridgehead atoms. The van der Waals surface area contributed by atoms with Crippen LogP contribution >= 0.6 is 11.6 Å². The zero-order valence-electron chi connectivity index (χ0n) is 19.3. The molecule has 0 radical (unpaired) electrons. The highest BCUT2D eigenvalue weighted by atomic mass is 35.5. The number of carbonyl (C=O) groups excluding carboxylic acids is 1. The Morgan fingerprint density at radius 3 is 2.47 bits per heavy atom. The third-order valence-electron chi connectivity index (χ3n) is 5.57. The number of hydrogen-bond donors (Lipinski definition) is 1. The molecule has 1 heterocycles. The molecule has 1 atom stereocenters. The molecule has 1 N–H and O–H groups in total. The van der Waals surface area contributed by atoms with Gasteiger partial charge in [0.25, 0.3) is 5.91 Å². The Labute approximate surface area is 196 Å². The highest BCUT2D eigenvalue weighted by molar-refractivity contribution is 6.32. The average Bonchev–Trinajstić information content (AvgIpc) is 2.80. The van der Waals surface area contributed by atoms with E-state index in [0.29, 0.717) is 35.3 Å². The van der Waals surface area contributed by atoms with Crippen LogP contribution in [0.25, 0.3) is 0 Å². The predicted molar refractivity (Wildman–Crippen MR) is 129 cm³/mol. The molecule has 3 rings (SSSR count).